The lowest BCUT2D eigenvalue weighted by molar-refractivity contribution is -0.385. The van der Waals surface area contributed by atoms with Crippen LogP contribution < -0.4 is 19.1 Å². The van der Waals surface area contributed by atoms with Crippen LogP contribution in [-0.4, -0.2) is 39.5 Å². The molecule has 0 aliphatic rings. The topological polar surface area (TPSA) is 128 Å². The van der Waals surface area contributed by atoms with Crippen molar-refractivity contribution in [3.63, 3.8) is 0 Å². The van der Waals surface area contributed by atoms with E-state index in [-0.39, 0.29) is 27.0 Å². The number of hydrogen-bond donors (Lipinski definition) is 1. The molecule has 0 saturated heterocycles. The lowest BCUT2D eigenvalue weighted by atomic mass is 10.2. The second-order valence-electron chi connectivity index (χ2n) is 7.54. The normalized spacial score (nSPS) is 11.0. The number of nitro groups is 1. The average molecular weight is 534 g/mol. The zero-order chi connectivity index (χ0) is 26.5. The molecule has 12 heteroatoms. The van der Waals surface area contributed by atoms with Gasteiger partial charge in [-0.15, -0.1) is 0 Å². The number of nitrogens with one attached hydrogen (secondary N) is 1. The Labute approximate surface area is 213 Å². The molecular weight excluding hydrogens is 510 g/mol. The molecule has 0 aliphatic heterocycles. The molecular formula is C24H24ClN3O7S. The molecule has 1 amide bonds. The largest absolute Gasteiger partial charge is 0.495 e. The molecule has 0 spiro atoms. The van der Waals surface area contributed by atoms with Gasteiger partial charge in [-0.2, -0.15) is 0 Å². The number of carbonyl (C=O) groups is 1. The van der Waals surface area contributed by atoms with Crippen molar-refractivity contribution < 1.29 is 27.6 Å². The zero-order valence-corrected chi connectivity index (χ0v) is 21.3. The number of halogens is 1. The predicted molar refractivity (Wildman–Crippen MR) is 137 cm³/mol. The van der Waals surface area contributed by atoms with E-state index >= 15 is 0 Å². The maximum absolute atomic E-state index is 13.7. The van der Waals surface area contributed by atoms with E-state index in [0.29, 0.717) is 23.6 Å². The van der Waals surface area contributed by atoms with Crippen molar-refractivity contribution in [1.82, 2.24) is 0 Å². The van der Waals surface area contributed by atoms with Gasteiger partial charge in [0.25, 0.3) is 15.7 Å². The SMILES string of the molecule is CCOc1ccc(NC(=O)CN(c2cc(Cl)ccc2OC)S(=O)(=O)c2ccc(C)c([N+](=O)[O-])c2)cc1. The third kappa shape index (κ3) is 6.04. The minimum Gasteiger partial charge on any atom is -0.495 e. The zero-order valence-electron chi connectivity index (χ0n) is 19.7. The summed E-state index contributed by atoms with van der Waals surface area (Å²) in [5.74, 6) is 0.0918. The van der Waals surface area contributed by atoms with Gasteiger partial charge < -0.3 is 14.8 Å². The van der Waals surface area contributed by atoms with Crippen LogP contribution in [0, 0.1) is 17.0 Å². The number of amides is 1. The monoisotopic (exact) mass is 533 g/mol. The highest BCUT2D eigenvalue weighted by molar-refractivity contribution is 7.92. The van der Waals surface area contributed by atoms with E-state index in [1.165, 1.54) is 44.4 Å². The minimum atomic E-state index is -4.47. The fourth-order valence-electron chi connectivity index (χ4n) is 3.36. The number of anilines is 2. The first kappa shape index (κ1) is 26.8. The van der Waals surface area contributed by atoms with Crippen LogP contribution in [0.1, 0.15) is 12.5 Å². The number of sulfonamides is 1. The molecule has 0 saturated carbocycles. The molecule has 3 aromatic carbocycles. The van der Waals surface area contributed by atoms with Crippen molar-refractivity contribution in [1.29, 1.82) is 0 Å². The molecule has 10 nitrogen and oxygen atoms in total. The summed E-state index contributed by atoms with van der Waals surface area (Å²) >= 11 is 6.13. The number of rotatable bonds is 10. The van der Waals surface area contributed by atoms with Gasteiger partial charge in [0.15, 0.2) is 0 Å². The van der Waals surface area contributed by atoms with E-state index in [0.717, 1.165) is 10.4 Å². The summed E-state index contributed by atoms with van der Waals surface area (Å²) in [6.45, 7) is 3.17. The lowest BCUT2D eigenvalue weighted by Crippen LogP contribution is -2.38. The van der Waals surface area contributed by atoms with Crippen molar-refractivity contribution in [2.75, 3.05) is 29.9 Å². The van der Waals surface area contributed by atoms with Crippen molar-refractivity contribution in [3.8, 4) is 11.5 Å². The summed E-state index contributed by atoms with van der Waals surface area (Å²) in [6, 6.07) is 14.4. The Balaban J connectivity index is 2.03. The number of methoxy groups -OCH3 is 1. The molecule has 0 atom stereocenters. The number of carbonyl (C=O) groups excluding carboxylic acids is 1. The van der Waals surface area contributed by atoms with Gasteiger partial charge in [-0.25, -0.2) is 8.42 Å². The molecule has 0 aliphatic carbocycles. The van der Waals surface area contributed by atoms with E-state index in [4.69, 9.17) is 21.1 Å². The van der Waals surface area contributed by atoms with Crippen LogP contribution in [0.5, 0.6) is 11.5 Å². The summed E-state index contributed by atoms with van der Waals surface area (Å²) in [4.78, 5) is 23.4. The number of benzene rings is 3. The summed E-state index contributed by atoms with van der Waals surface area (Å²) in [7, 11) is -3.13. The highest BCUT2D eigenvalue weighted by Gasteiger charge is 2.31. The second-order valence-corrected chi connectivity index (χ2v) is 9.84. The highest BCUT2D eigenvalue weighted by Crippen LogP contribution is 2.35. The van der Waals surface area contributed by atoms with Crippen LogP contribution in [-0.2, 0) is 14.8 Å². The molecule has 0 fully saturated rings. The Bertz CT molecular complexity index is 1380. The van der Waals surface area contributed by atoms with Gasteiger partial charge in [0.2, 0.25) is 5.91 Å². The fourth-order valence-corrected chi connectivity index (χ4v) is 4.97. The molecule has 0 heterocycles. The minimum absolute atomic E-state index is 0.00456. The number of aryl methyl sites for hydroxylation is 1. The van der Waals surface area contributed by atoms with Crippen LogP contribution in [0.4, 0.5) is 17.1 Å². The molecule has 36 heavy (non-hydrogen) atoms. The molecule has 0 bridgehead atoms. The summed E-state index contributed by atoms with van der Waals surface area (Å²) < 4.78 is 38.9. The van der Waals surface area contributed by atoms with Gasteiger partial charge in [0, 0.05) is 22.3 Å². The van der Waals surface area contributed by atoms with E-state index < -0.39 is 27.4 Å². The first-order valence-electron chi connectivity index (χ1n) is 10.7. The number of ether oxygens (including phenoxy) is 2. The maximum Gasteiger partial charge on any atom is 0.273 e. The Morgan fingerprint density at radius 2 is 1.81 bits per heavy atom. The summed E-state index contributed by atoms with van der Waals surface area (Å²) in [5, 5.41) is 14.3. The quantitative estimate of drug-likeness (QED) is 0.293. The van der Waals surface area contributed by atoms with Crippen molar-refractivity contribution >= 4 is 44.6 Å². The van der Waals surface area contributed by atoms with Gasteiger partial charge in [0.05, 0.1) is 29.2 Å². The standard InChI is InChI=1S/C24H24ClN3O7S/c1-4-35-19-9-7-18(8-10-19)26-24(29)15-27(22-13-17(25)6-12-23(22)34-3)36(32,33)20-11-5-16(2)21(14-20)28(30)31/h5-14H,4,15H2,1-3H3,(H,26,29). The van der Waals surface area contributed by atoms with Crippen LogP contribution in [0.3, 0.4) is 0 Å². The Hall–Kier alpha value is -3.83. The van der Waals surface area contributed by atoms with E-state index in [1.54, 1.807) is 24.3 Å². The Morgan fingerprint density at radius 3 is 2.42 bits per heavy atom. The van der Waals surface area contributed by atoms with Gasteiger partial charge in [-0.05, 0) is 62.4 Å². The molecule has 190 valence electrons. The van der Waals surface area contributed by atoms with Crippen LogP contribution in [0.25, 0.3) is 0 Å². The average Bonchev–Trinajstić information content (AvgIpc) is 2.83. The first-order valence-corrected chi connectivity index (χ1v) is 12.5. The van der Waals surface area contributed by atoms with Gasteiger partial charge >= 0.3 is 0 Å². The molecule has 3 rings (SSSR count). The third-order valence-electron chi connectivity index (χ3n) is 5.11. The highest BCUT2D eigenvalue weighted by atomic mass is 35.5. The maximum atomic E-state index is 13.7. The van der Waals surface area contributed by atoms with E-state index in [2.05, 4.69) is 5.32 Å². The van der Waals surface area contributed by atoms with Crippen LogP contribution in [0.15, 0.2) is 65.6 Å². The fraction of sp³-hybridized carbons (Fsp3) is 0.208. The van der Waals surface area contributed by atoms with Crippen molar-refractivity contribution in [2.45, 2.75) is 18.7 Å². The van der Waals surface area contributed by atoms with Gasteiger partial charge in [-0.1, -0.05) is 17.7 Å². The number of nitro benzene ring substituents is 1. The molecule has 1 N–H and O–H groups in total. The molecule has 0 aromatic heterocycles. The third-order valence-corrected chi connectivity index (χ3v) is 7.10. The van der Waals surface area contributed by atoms with Gasteiger partial charge in [-0.3, -0.25) is 19.2 Å². The smallest absolute Gasteiger partial charge is 0.273 e. The number of hydrogen-bond acceptors (Lipinski definition) is 7. The summed E-state index contributed by atoms with van der Waals surface area (Å²) in [6.07, 6.45) is 0. The van der Waals surface area contributed by atoms with Crippen molar-refractivity contribution in [3.05, 3.63) is 81.4 Å². The van der Waals surface area contributed by atoms with Crippen LogP contribution >= 0.6 is 11.6 Å². The summed E-state index contributed by atoms with van der Waals surface area (Å²) in [5.41, 5.74) is 0.340. The Kier molecular flexibility index (Phi) is 8.38. The second kappa shape index (κ2) is 11.3. The first-order chi connectivity index (χ1) is 17.1. The van der Waals surface area contributed by atoms with E-state index in [9.17, 15) is 23.3 Å². The van der Waals surface area contributed by atoms with Crippen molar-refractivity contribution in [2.24, 2.45) is 0 Å². The predicted octanol–water partition coefficient (Wildman–Crippen LogP) is 4.80. The molecule has 0 radical (unpaired) electrons. The lowest BCUT2D eigenvalue weighted by Gasteiger charge is -2.26. The molecule has 0 unspecified atom stereocenters. The van der Waals surface area contributed by atoms with Gasteiger partial charge in [0.1, 0.15) is 18.0 Å². The Morgan fingerprint density at radius 1 is 1.11 bits per heavy atom. The molecule has 3 aromatic rings. The number of nitrogens with zero attached hydrogens (tertiary/aromatic N) is 2. The van der Waals surface area contributed by atoms with E-state index in [1.807, 2.05) is 6.92 Å². The van der Waals surface area contributed by atoms with Crippen LogP contribution in [0.2, 0.25) is 5.02 Å².